The van der Waals surface area contributed by atoms with E-state index in [9.17, 15) is 5.11 Å². The minimum absolute atomic E-state index is 0.195. The summed E-state index contributed by atoms with van der Waals surface area (Å²) in [5.41, 5.74) is 2.54. The Bertz CT molecular complexity index is 1100. The van der Waals surface area contributed by atoms with Crippen molar-refractivity contribution in [3.8, 4) is 40.7 Å². The summed E-state index contributed by atoms with van der Waals surface area (Å²) < 4.78 is 7.72. The predicted octanol–water partition coefficient (Wildman–Crippen LogP) is 3.08. The van der Waals surface area contributed by atoms with Crippen molar-refractivity contribution in [1.82, 2.24) is 25.1 Å². The summed E-state index contributed by atoms with van der Waals surface area (Å²) in [4.78, 5) is 11.7. The van der Waals surface area contributed by atoms with Gasteiger partial charge in [-0.2, -0.15) is 5.10 Å². The van der Waals surface area contributed by atoms with Crippen LogP contribution < -0.4 is 15.0 Å². The molecule has 1 aromatic carbocycles. The smallest absolute Gasteiger partial charge is 0.162 e. The fraction of sp³-hybridized carbons (Fsp3) is 0.423. The highest BCUT2D eigenvalue weighted by Gasteiger charge is 2.14. The third kappa shape index (κ3) is 7.04. The topological polar surface area (TPSA) is 88.3 Å². The number of anilines is 1. The third-order valence-electron chi connectivity index (χ3n) is 5.15. The van der Waals surface area contributed by atoms with E-state index in [-0.39, 0.29) is 6.61 Å². The lowest BCUT2D eigenvalue weighted by Gasteiger charge is -2.18. The second-order valence-corrected chi connectivity index (χ2v) is 8.71. The maximum atomic E-state index is 9.94. The molecule has 0 amide bonds. The van der Waals surface area contributed by atoms with Crippen LogP contribution in [0, 0.1) is 18.3 Å². The van der Waals surface area contributed by atoms with Gasteiger partial charge < -0.3 is 20.1 Å². The Morgan fingerprint density at radius 2 is 2.06 bits per heavy atom. The lowest BCUT2D eigenvalue weighted by molar-refractivity contribution is 0.108. The van der Waals surface area contributed by atoms with Gasteiger partial charge in [-0.05, 0) is 25.1 Å². The molecule has 2 aromatic heterocycles. The molecule has 3 aromatic rings. The number of nitrogens with zero attached hydrogens (tertiary/aromatic N) is 5. The Balaban J connectivity index is 1.95. The number of rotatable bonds is 12. The van der Waals surface area contributed by atoms with Crippen molar-refractivity contribution in [2.24, 2.45) is 5.92 Å². The zero-order chi connectivity index (χ0) is 24.5. The van der Waals surface area contributed by atoms with Crippen molar-refractivity contribution in [2.75, 3.05) is 38.7 Å². The summed E-state index contributed by atoms with van der Waals surface area (Å²) in [5.74, 6) is 5.18. The standard InChI is InChI=1S/C26H34N6O2/c1-6-7-11-31(5)25-13-24(21-14-28-32(17-21)16-19(2)3)29-26(30-25)20-9-8-10-23(12-20)34-18-22(33)15-27-4/h1,8-10,12-14,17,19,22,27,33H,7,11,15-16,18H2,2-5H3. The van der Waals surface area contributed by atoms with E-state index in [1.54, 1.807) is 7.05 Å². The molecule has 1 unspecified atom stereocenters. The van der Waals surface area contributed by atoms with Gasteiger partial charge in [0, 0.05) is 56.5 Å². The summed E-state index contributed by atoms with van der Waals surface area (Å²) in [6.45, 7) is 6.51. The first-order valence-electron chi connectivity index (χ1n) is 11.5. The molecule has 0 bridgehead atoms. The van der Waals surface area contributed by atoms with Crippen LogP contribution in [-0.4, -0.2) is 64.8 Å². The highest BCUT2D eigenvalue weighted by atomic mass is 16.5. The molecular weight excluding hydrogens is 428 g/mol. The molecule has 8 heteroatoms. The van der Waals surface area contributed by atoms with Crippen LogP contribution in [-0.2, 0) is 6.54 Å². The Labute approximate surface area is 202 Å². The fourth-order valence-electron chi connectivity index (χ4n) is 3.44. The van der Waals surface area contributed by atoms with Crippen molar-refractivity contribution in [1.29, 1.82) is 0 Å². The van der Waals surface area contributed by atoms with Gasteiger partial charge >= 0.3 is 0 Å². The maximum Gasteiger partial charge on any atom is 0.162 e. The third-order valence-corrected chi connectivity index (χ3v) is 5.15. The first kappa shape index (κ1) is 25.2. The fourth-order valence-corrected chi connectivity index (χ4v) is 3.44. The molecule has 0 fully saturated rings. The molecule has 0 aliphatic carbocycles. The van der Waals surface area contributed by atoms with Gasteiger partial charge in [0.25, 0.3) is 0 Å². The van der Waals surface area contributed by atoms with Crippen LogP contribution in [0.3, 0.4) is 0 Å². The zero-order valence-electron chi connectivity index (χ0n) is 20.4. The number of benzene rings is 1. The van der Waals surface area contributed by atoms with Crippen LogP contribution in [0.4, 0.5) is 5.82 Å². The Kier molecular flexibility index (Phi) is 9.02. The normalized spacial score (nSPS) is 11.9. The second kappa shape index (κ2) is 12.2. The number of likely N-dealkylation sites (N-methyl/N-ethyl adjacent to an activating group) is 1. The molecule has 8 nitrogen and oxygen atoms in total. The first-order chi connectivity index (χ1) is 16.4. The molecule has 34 heavy (non-hydrogen) atoms. The lowest BCUT2D eigenvalue weighted by Crippen LogP contribution is -2.29. The second-order valence-electron chi connectivity index (χ2n) is 8.71. The van der Waals surface area contributed by atoms with Gasteiger partial charge in [0.2, 0.25) is 0 Å². The summed E-state index contributed by atoms with van der Waals surface area (Å²) in [6, 6.07) is 9.55. The van der Waals surface area contributed by atoms with Gasteiger partial charge in [0.15, 0.2) is 5.82 Å². The van der Waals surface area contributed by atoms with E-state index in [1.807, 2.05) is 59.4 Å². The Morgan fingerprint density at radius 1 is 1.24 bits per heavy atom. The molecule has 180 valence electrons. The average molecular weight is 463 g/mol. The summed E-state index contributed by atoms with van der Waals surface area (Å²) in [6.07, 6.45) is 9.35. The molecular formula is C26H34N6O2. The van der Waals surface area contributed by atoms with Crippen LogP contribution in [0.5, 0.6) is 5.75 Å². The van der Waals surface area contributed by atoms with Crippen LogP contribution in [0.2, 0.25) is 0 Å². The van der Waals surface area contributed by atoms with E-state index in [0.29, 0.717) is 37.0 Å². The van der Waals surface area contributed by atoms with Gasteiger partial charge in [-0.25, -0.2) is 9.97 Å². The number of terminal acetylenes is 1. The minimum atomic E-state index is -0.591. The number of aliphatic hydroxyl groups excluding tert-OH is 1. The van der Waals surface area contributed by atoms with Crippen LogP contribution >= 0.6 is 0 Å². The van der Waals surface area contributed by atoms with E-state index in [4.69, 9.17) is 21.1 Å². The number of aromatic nitrogens is 4. The van der Waals surface area contributed by atoms with Crippen LogP contribution in [0.1, 0.15) is 20.3 Å². The van der Waals surface area contributed by atoms with Crippen molar-refractivity contribution < 1.29 is 9.84 Å². The molecule has 0 aliphatic heterocycles. The lowest BCUT2D eigenvalue weighted by atomic mass is 10.1. The van der Waals surface area contributed by atoms with Gasteiger partial charge in [-0.15, -0.1) is 12.3 Å². The first-order valence-corrected chi connectivity index (χ1v) is 11.5. The van der Waals surface area contributed by atoms with Gasteiger partial charge in [0.1, 0.15) is 24.3 Å². The highest BCUT2D eigenvalue weighted by molar-refractivity contribution is 5.67. The molecule has 3 rings (SSSR count). The minimum Gasteiger partial charge on any atom is -0.491 e. The molecule has 0 spiro atoms. The van der Waals surface area contributed by atoms with Crippen molar-refractivity contribution in [3.05, 3.63) is 42.7 Å². The van der Waals surface area contributed by atoms with Gasteiger partial charge in [0.05, 0.1) is 11.9 Å². The quantitative estimate of drug-likeness (QED) is 0.400. The average Bonchev–Trinajstić information content (AvgIpc) is 3.29. The van der Waals surface area contributed by atoms with E-state index in [0.717, 1.165) is 29.2 Å². The zero-order valence-corrected chi connectivity index (χ0v) is 20.4. The van der Waals surface area contributed by atoms with Crippen molar-refractivity contribution in [3.63, 3.8) is 0 Å². The molecule has 0 saturated heterocycles. The number of hydrogen-bond donors (Lipinski definition) is 2. The van der Waals surface area contributed by atoms with E-state index < -0.39 is 6.10 Å². The highest BCUT2D eigenvalue weighted by Crippen LogP contribution is 2.28. The SMILES string of the molecule is C#CCCN(C)c1cc(-c2cnn(CC(C)C)c2)nc(-c2cccc(OCC(O)CNC)c2)n1. The maximum absolute atomic E-state index is 9.94. The number of hydrogen-bond acceptors (Lipinski definition) is 7. The van der Waals surface area contributed by atoms with Crippen LogP contribution in [0.15, 0.2) is 42.7 Å². The van der Waals surface area contributed by atoms with Crippen LogP contribution in [0.25, 0.3) is 22.6 Å². The summed E-state index contributed by atoms with van der Waals surface area (Å²) >= 11 is 0. The molecule has 2 heterocycles. The van der Waals surface area contributed by atoms with Gasteiger partial charge in [-0.1, -0.05) is 26.0 Å². The molecule has 0 aliphatic rings. The van der Waals surface area contributed by atoms with E-state index in [1.165, 1.54) is 0 Å². The van der Waals surface area contributed by atoms with Crippen molar-refractivity contribution >= 4 is 5.82 Å². The monoisotopic (exact) mass is 462 g/mol. The molecule has 1 atom stereocenters. The largest absolute Gasteiger partial charge is 0.491 e. The number of aliphatic hydroxyl groups is 1. The Morgan fingerprint density at radius 3 is 2.79 bits per heavy atom. The van der Waals surface area contributed by atoms with Gasteiger partial charge in [-0.3, -0.25) is 4.68 Å². The molecule has 2 N–H and O–H groups in total. The van der Waals surface area contributed by atoms with E-state index in [2.05, 4.69) is 30.2 Å². The number of ether oxygens (including phenoxy) is 1. The summed E-state index contributed by atoms with van der Waals surface area (Å²) in [7, 11) is 3.76. The summed E-state index contributed by atoms with van der Waals surface area (Å²) in [5, 5.41) is 17.4. The predicted molar refractivity (Wildman–Crippen MR) is 136 cm³/mol. The van der Waals surface area contributed by atoms with E-state index >= 15 is 0 Å². The molecule has 0 saturated carbocycles. The molecule has 0 radical (unpaired) electrons. The van der Waals surface area contributed by atoms with Crippen molar-refractivity contribution in [2.45, 2.75) is 32.9 Å². The number of nitrogens with one attached hydrogen (secondary N) is 1. The Hall–Kier alpha value is -3.41.